The number of nitrogens with one attached hydrogen (secondary N) is 1. The zero-order valence-electron chi connectivity index (χ0n) is 11.0. The lowest BCUT2D eigenvalue weighted by Crippen LogP contribution is -2.37. The summed E-state index contributed by atoms with van der Waals surface area (Å²) < 4.78 is 9.96. The van der Waals surface area contributed by atoms with E-state index >= 15 is 0 Å². The Bertz CT molecular complexity index is 387. The second kappa shape index (κ2) is 6.39. The molecule has 18 heavy (non-hydrogen) atoms. The third kappa shape index (κ3) is 5.18. The fourth-order valence-corrected chi connectivity index (χ4v) is 1.33. The van der Waals surface area contributed by atoms with Gasteiger partial charge in [0.05, 0.1) is 0 Å². The van der Waals surface area contributed by atoms with Crippen LogP contribution in [0.5, 0.6) is 5.88 Å². The van der Waals surface area contributed by atoms with E-state index in [1.165, 1.54) is 0 Å². The third-order valence-corrected chi connectivity index (χ3v) is 2.51. The van der Waals surface area contributed by atoms with Gasteiger partial charge in [-0.1, -0.05) is 13.8 Å². The Balaban J connectivity index is 2.26. The highest BCUT2D eigenvalue weighted by atomic mass is 16.5. The molecule has 1 amide bonds. The summed E-state index contributed by atoms with van der Waals surface area (Å²) in [5, 5.41) is 15.2. The number of ether oxygens (including phenoxy) is 1. The SMILES string of the molecule is Cc1cc(OCC(=O)NCC(C)(C)CCO)no1. The Morgan fingerprint density at radius 1 is 1.61 bits per heavy atom. The molecule has 1 rings (SSSR count). The summed E-state index contributed by atoms with van der Waals surface area (Å²) in [6, 6.07) is 1.61. The van der Waals surface area contributed by atoms with Gasteiger partial charge in [0.1, 0.15) is 5.76 Å². The Morgan fingerprint density at radius 3 is 2.89 bits per heavy atom. The van der Waals surface area contributed by atoms with Crippen LogP contribution in [0.25, 0.3) is 0 Å². The normalized spacial score (nSPS) is 11.3. The summed E-state index contributed by atoms with van der Waals surface area (Å²) >= 11 is 0. The molecule has 6 nitrogen and oxygen atoms in total. The largest absolute Gasteiger partial charge is 0.465 e. The minimum atomic E-state index is -0.221. The Labute approximate surface area is 106 Å². The number of carbonyl (C=O) groups is 1. The van der Waals surface area contributed by atoms with E-state index in [2.05, 4.69) is 10.5 Å². The number of hydrogen-bond acceptors (Lipinski definition) is 5. The number of aliphatic hydroxyl groups excluding tert-OH is 1. The standard InChI is InChI=1S/C12H20N2O4/c1-9-6-11(14-18-9)17-7-10(16)13-8-12(2,3)4-5-15/h6,15H,4-5,7-8H2,1-3H3,(H,13,16). The molecule has 0 spiro atoms. The van der Waals surface area contributed by atoms with Gasteiger partial charge in [-0.25, -0.2) is 0 Å². The van der Waals surface area contributed by atoms with Gasteiger partial charge in [-0.2, -0.15) is 0 Å². The van der Waals surface area contributed by atoms with Gasteiger partial charge in [0, 0.05) is 19.2 Å². The Morgan fingerprint density at radius 2 is 2.33 bits per heavy atom. The van der Waals surface area contributed by atoms with Gasteiger partial charge in [-0.05, 0) is 23.9 Å². The highest BCUT2D eigenvalue weighted by Crippen LogP contribution is 2.17. The van der Waals surface area contributed by atoms with E-state index in [1.807, 2.05) is 13.8 Å². The number of rotatable bonds is 7. The number of aliphatic hydroxyl groups is 1. The van der Waals surface area contributed by atoms with Crippen LogP contribution in [0.1, 0.15) is 26.0 Å². The molecule has 2 N–H and O–H groups in total. The van der Waals surface area contributed by atoms with E-state index in [-0.39, 0.29) is 24.5 Å². The summed E-state index contributed by atoms with van der Waals surface area (Å²) in [4.78, 5) is 11.5. The van der Waals surface area contributed by atoms with Crippen molar-refractivity contribution in [2.24, 2.45) is 5.41 Å². The Hall–Kier alpha value is -1.56. The first-order chi connectivity index (χ1) is 8.43. The highest BCUT2D eigenvalue weighted by Gasteiger charge is 2.18. The van der Waals surface area contributed by atoms with Crippen molar-refractivity contribution in [3.8, 4) is 5.88 Å². The maximum atomic E-state index is 11.5. The summed E-state index contributed by atoms with van der Waals surface area (Å²) in [6.07, 6.45) is 0.636. The lowest BCUT2D eigenvalue weighted by Gasteiger charge is -2.23. The lowest BCUT2D eigenvalue weighted by molar-refractivity contribution is -0.123. The molecule has 6 heteroatoms. The maximum Gasteiger partial charge on any atom is 0.258 e. The number of aromatic nitrogens is 1. The Kier molecular flexibility index (Phi) is 5.15. The molecule has 0 aliphatic rings. The molecule has 0 unspecified atom stereocenters. The molecular formula is C12H20N2O4. The predicted molar refractivity (Wildman–Crippen MR) is 65.2 cm³/mol. The van der Waals surface area contributed by atoms with Crippen LogP contribution in [0.2, 0.25) is 0 Å². The van der Waals surface area contributed by atoms with Gasteiger partial charge in [0.25, 0.3) is 11.8 Å². The van der Waals surface area contributed by atoms with Crippen LogP contribution in [0, 0.1) is 12.3 Å². The molecule has 1 heterocycles. The zero-order valence-corrected chi connectivity index (χ0v) is 11.0. The molecule has 0 aromatic carbocycles. The van der Waals surface area contributed by atoms with E-state index in [0.717, 1.165) is 0 Å². The number of aryl methyl sites for hydroxylation is 1. The first kappa shape index (κ1) is 14.5. The maximum absolute atomic E-state index is 11.5. The molecule has 0 radical (unpaired) electrons. The molecule has 0 atom stereocenters. The van der Waals surface area contributed by atoms with Gasteiger partial charge in [0.2, 0.25) is 0 Å². The average Bonchev–Trinajstić information content (AvgIpc) is 2.70. The van der Waals surface area contributed by atoms with Crippen molar-refractivity contribution in [1.29, 1.82) is 0 Å². The fourth-order valence-electron chi connectivity index (χ4n) is 1.33. The van der Waals surface area contributed by atoms with E-state index in [4.69, 9.17) is 14.4 Å². The smallest absolute Gasteiger partial charge is 0.258 e. The molecule has 102 valence electrons. The van der Waals surface area contributed by atoms with Gasteiger partial charge in [-0.15, -0.1) is 0 Å². The number of carbonyl (C=O) groups excluding carboxylic acids is 1. The fraction of sp³-hybridized carbons (Fsp3) is 0.667. The van der Waals surface area contributed by atoms with Crippen LogP contribution in [0.4, 0.5) is 0 Å². The van der Waals surface area contributed by atoms with Crippen LogP contribution in [-0.2, 0) is 4.79 Å². The topological polar surface area (TPSA) is 84.6 Å². The van der Waals surface area contributed by atoms with Crippen molar-refractivity contribution >= 4 is 5.91 Å². The molecule has 0 aliphatic carbocycles. The van der Waals surface area contributed by atoms with Crippen molar-refractivity contribution in [2.45, 2.75) is 27.2 Å². The minimum absolute atomic E-state index is 0.0961. The molecule has 0 aliphatic heterocycles. The molecule has 0 saturated heterocycles. The monoisotopic (exact) mass is 256 g/mol. The van der Waals surface area contributed by atoms with Gasteiger partial charge in [0.15, 0.2) is 6.61 Å². The lowest BCUT2D eigenvalue weighted by atomic mass is 9.90. The number of hydrogen-bond donors (Lipinski definition) is 2. The number of nitrogens with zero attached hydrogens (tertiary/aromatic N) is 1. The molecule has 0 fully saturated rings. The van der Waals surface area contributed by atoms with Crippen LogP contribution >= 0.6 is 0 Å². The van der Waals surface area contributed by atoms with Gasteiger partial charge in [-0.3, -0.25) is 4.79 Å². The summed E-state index contributed by atoms with van der Waals surface area (Å²) in [6.45, 7) is 6.21. The van der Waals surface area contributed by atoms with Crippen molar-refractivity contribution < 1.29 is 19.2 Å². The summed E-state index contributed by atoms with van der Waals surface area (Å²) in [5.74, 6) is 0.716. The van der Waals surface area contributed by atoms with Crippen molar-refractivity contribution in [2.75, 3.05) is 19.8 Å². The average molecular weight is 256 g/mol. The van der Waals surface area contributed by atoms with Crippen molar-refractivity contribution in [3.05, 3.63) is 11.8 Å². The van der Waals surface area contributed by atoms with Crippen LogP contribution < -0.4 is 10.1 Å². The minimum Gasteiger partial charge on any atom is -0.465 e. The van der Waals surface area contributed by atoms with E-state index < -0.39 is 0 Å². The second-order valence-electron chi connectivity index (χ2n) is 4.98. The predicted octanol–water partition coefficient (Wildman–Crippen LogP) is 0.887. The van der Waals surface area contributed by atoms with E-state index in [1.54, 1.807) is 13.0 Å². The molecule has 0 bridgehead atoms. The number of amides is 1. The van der Waals surface area contributed by atoms with Crippen molar-refractivity contribution in [3.63, 3.8) is 0 Å². The first-order valence-electron chi connectivity index (χ1n) is 5.87. The van der Waals surface area contributed by atoms with Gasteiger partial charge < -0.3 is 19.7 Å². The quantitative estimate of drug-likeness (QED) is 0.756. The molecule has 0 saturated carbocycles. The molecule has 1 aromatic heterocycles. The second-order valence-corrected chi connectivity index (χ2v) is 4.98. The van der Waals surface area contributed by atoms with E-state index in [9.17, 15) is 4.79 Å². The van der Waals surface area contributed by atoms with Crippen LogP contribution in [0.3, 0.4) is 0 Å². The first-order valence-corrected chi connectivity index (χ1v) is 5.87. The molecule has 1 aromatic rings. The molecular weight excluding hydrogens is 236 g/mol. The van der Waals surface area contributed by atoms with Crippen LogP contribution in [-0.4, -0.2) is 35.9 Å². The van der Waals surface area contributed by atoms with Crippen molar-refractivity contribution in [1.82, 2.24) is 10.5 Å². The van der Waals surface area contributed by atoms with E-state index in [0.29, 0.717) is 24.6 Å². The van der Waals surface area contributed by atoms with Gasteiger partial charge >= 0.3 is 0 Å². The summed E-state index contributed by atoms with van der Waals surface area (Å²) in [5.41, 5.74) is -0.130. The zero-order chi connectivity index (χ0) is 13.6. The highest BCUT2D eigenvalue weighted by molar-refractivity contribution is 5.77. The summed E-state index contributed by atoms with van der Waals surface area (Å²) in [7, 11) is 0. The third-order valence-electron chi connectivity index (χ3n) is 2.51. The van der Waals surface area contributed by atoms with Crippen LogP contribution in [0.15, 0.2) is 10.6 Å².